The van der Waals surface area contributed by atoms with Crippen LogP contribution >= 0.6 is 0 Å². The third kappa shape index (κ3) is 3.42. The van der Waals surface area contributed by atoms with Gasteiger partial charge in [0.05, 0.1) is 12.0 Å². The number of rotatable bonds is 6. The Balaban J connectivity index is 1.59. The zero-order valence-corrected chi connectivity index (χ0v) is 14.8. The van der Waals surface area contributed by atoms with Crippen LogP contribution < -0.4 is 15.5 Å². The number of fused-ring (bicyclic) bond motifs is 1. The second-order valence-electron chi connectivity index (χ2n) is 7.09. The molecule has 1 saturated heterocycles. The van der Waals surface area contributed by atoms with Crippen LogP contribution in [0.25, 0.3) is 0 Å². The first-order valence-corrected chi connectivity index (χ1v) is 8.99. The number of piperidine rings is 1. The van der Waals surface area contributed by atoms with E-state index in [1.165, 1.54) is 11.3 Å². The molecule has 1 amide bonds. The van der Waals surface area contributed by atoms with Crippen molar-refractivity contribution in [3.8, 4) is 0 Å². The van der Waals surface area contributed by atoms with E-state index < -0.39 is 0 Å². The van der Waals surface area contributed by atoms with Gasteiger partial charge in [-0.1, -0.05) is 18.2 Å². The topological polar surface area (TPSA) is 53.6 Å². The van der Waals surface area contributed by atoms with Crippen LogP contribution in [0.2, 0.25) is 0 Å². The molecule has 0 bridgehead atoms. The molecule has 5 nitrogen and oxygen atoms in total. The standard InChI is InChI=1S/C19H29N3O2/c1-15(22-12-7-16-5-3-4-6-17(16)22)13-21-18(23)19(14-24-2)8-10-20-11-9-19/h3-6,15,20H,7-14H2,1-2H3,(H,21,23). The normalized spacial score (nSPS) is 20.5. The minimum absolute atomic E-state index is 0.144. The molecule has 1 aromatic rings. The highest BCUT2D eigenvalue weighted by molar-refractivity contribution is 5.83. The molecule has 0 saturated carbocycles. The van der Waals surface area contributed by atoms with Gasteiger partial charge in [0.1, 0.15) is 0 Å². The van der Waals surface area contributed by atoms with Crippen molar-refractivity contribution in [2.24, 2.45) is 5.41 Å². The molecule has 3 rings (SSSR count). The fraction of sp³-hybridized carbons (Fsp3) is 0.632. The highest BCUT2D eigenvalue weighted by Gasteiger charge is 2.39. The van der Waals surface area contributed by atoms with Gasteiger partial charge >= 0.3 is 0 Å². The Labute approximate surface area is 144 Å². The second-order valence-corrected chi connectivity index (χ2v) is 7.09. The van der Waals surface area contributed by atoms with E-state index in [0.29, 0.717) is 19.2 Å². The number of carbonyl (C=O) groups is 1. The SMILES string of the molecule is COCC1(C(=O)NCC(C)N2CCc3ccccc32)CCNCC1. The fourth-order valence-electron chi connectivity index (χ4n) is 3.98. The Bertz CT molecular complexity index is 564. The predicted octanol–water partition coefficient (Wildman–Crippen LogP) is 1.57. The maximum Gasteiger partial charge on any atom is 0.228 e. The van der Waals surface area contributed by atoms with Crippen LogP contribution in [0.15, 0.2) is 24.3 Å². The van der Waals surface area contributed by atoms with Gasteiger partial charge in [-0.15, -0.1) is 0 Å². The first-order valence-electron chi connectivity index (χ1n) is 8.99. The summed E-state index contributed by atoms with van der Waals surface area (Å²) >= 11 is 0. The molecular formula is C19H29N3O2. The van der Waals surface area contributed by atoms with Gasteiger partial charge in [-0.2, -0.15) is 0 Å². The van der Waals surface area contributed by atoms with Gasteiger partial charge < -0.3 is 20.3 Å². The van der Waals surface area contributed by atoms with Crippen LogP contribution in [-0.2, 0) is 16.0 Å². The van der Waals surface area contributed by atoms with Gasteiger partial charge in [0.2, 0.25) is 5.91 Å². The summed E-state index contributed by atoms with van der Waals surface area (Å²) in [5, 5.41) is 6.53. The van der Waals surface area contributed by atoms with Crippen molar-refractivity contribution < 1.29 is 9.53 Å². The Morgan fingerprint density at radius 1 is 1.38 bits per heavy atom. The molecule has 24 heavy (non-hydrogen) atoms. The van der Waals surface area contributed by atoms with Crippen molar-refractivity contribution in [1.82, 2.24) is 10.6 Å². The molecule has 0 aromatic heterocycles. The van der Waals surface area contributed by atoms with Crippen molar-refractivity contribution >= 4 is 11.6 Å². The molecule has 0 radical (unpaired) electrons. The van der Waals surface area contributed by atoms with Gasteiger partial charge in [-0.25, -0.2) is 0 Å². The van der Waals surface area contributed by atoms with Gasteiger partial charge in [-0.3, -0.25) is 4.79 Å². The summed E-state index contributed by atoms with van der Waals surface area (Å²) in [5.74, 6) is 0.144. The molecule has 132 valence electrons. The number of anilines is 1. The van der Waals surface area contributed by atoms with Gasteiger partial charge in [0.15, 0.2) is 0 Å². The van der Waals surface area contributed by atoms with Gasteiger partial charge in [0.25, 0.3) is 0 Å². The number of ether oxygens (including phenoxy) is 1. The molecule has 5 heteroatoms. The molecule has 1 aromatic carbocycles. The van der Waals surface area contributed by atoms with Gasteiger partial charge in [-0.05, 0) is 50.9 Å². The van der Waals surface area contributed by atoms with Crippen molar-refractivity contribution in [3.05, 3.63) is 29.8 Å². The van der Waals surface area contributed by atoms with Crippen molar-refractivity contribution in [3.63, 3.8) is 0 Å². The Morgan fingerprint density at radius 2 is 2.12 bits per heavy atom. The first kappa shape index (κ1) is 17.2. The summed E-state index contributed by atoms with van der Waals surface area (Å²) in [6, 6.07) is 8.85. The number of carbonyl (C=O) groups excluding carboxylic acids is 1. The number of para-hydroxylation sites is 1. The largest absolute Gasteiger partial charge is 0.384 e. The van der Waals surface area contributed by atoms with E-state index in [4.69, 9.17) is 4.74 Å². The van der Waals surface area contributed by atoms with Crippen LogP contribution in [-0.4, -0.2) is 51.8 Å². The molecule has 0 aliphatic carbocycles. The number of benzene rings is 1. The molecule has 2 heterocycles. The number of methoxy groups -OCH3 is 1. The second kappa shape index (κ2) is 7.53. The van der Waals surface area contributed by atoms with Crippen molar-refractivity contribution in [1.29, 1.82) is 0 Å². The maximum absolute atomic E-state index is 12.8. The predicted molar refractivity (Wildman–Crippen MR) is 96.4 cm³/mol. The lowest BCUT2D eigenvalue weighted by Gasteiger charge is -2.36. The van der Waals surface area contributed by atoms with E-state index in [9.17, 15) is 4.79 Å². The Kier molecular flexibility index (Phi) is 5.41. The van der Waals surface area contributed by atoms with Crippen molar-refractivity contribution in [2.75, 3.05) is 44.8 Å². The molecular weight excluding hydrogens is 302 g/mol. The molecule has 0 spiro atoms. The number of hydrogen-bond donors (Lipinski definition) is 2. The van der Waals surface area contributed by atoms with Crippen LogP contribution in [0.5, 0.6) is 0 Å². The molecule has 2 aliphatic rings. The highest BCUT2D eigenvalue weighted by Crippen LogP contribution is 2.31. The zero-order valence-electron chi connectivity index (χ0n) is 14.8. The third-order valence-corrected chi connectivity index (χ3v) is 5.48. The van der Waals surface area contributed by atoms with Crippen LogP contribution in [0.4, 0.5) is 5.69 Å². The Morgan fingerprint density at radius 3 is 2.88 bits per heavy atom. The summed E-state index contributed by atoms with van der Waals surface area (Å²) < 4.78 is 5.36. The number of hydrogen-bond acceptors (Lipinski definition) is 4. The van der Waals surface area contributed by atoms with Crippen LogP contribution in [0.1, 0.15) is 25.3 Å². The zero-order chi connectivity index (χ0) is 17.0. The number of nitrogens with zero attached hydrogens (tertiary/aromatic N) is 1. The lowest BCUT2D eigenvalue weighted by molar-refractivity contribution is -0.136. The van der Waals surface area contributed by atoms with E-state index >= 15 is 0 Å². The molecule has 1 fully saturated rings. The minimum Gasteiger partial charge on any atom is -0.384 e. The maximum atomic E-state index is 12.8. The smallest absolute Gasteiger partial charge is 0.228 e. The average Bonchev–Trinajstić information content (AvgIpc) is 3.04. The van der Waals surface area contributed by atoms with E-state index in [0.717, 1.165) is 38.9 Å². The van der Waals surface area contributed by atoms with Crippen LogP contribution in [0.3, 0.4) is 0 Å². The number of nitrogens with one attached hydrogen (secondary N) is 2. The molecule has 2 aliphatic heterocycles. The summed E-state index contributed by atoms with van der Waals surface area (Å²) in [6.45, 7) is 6.16. The fourth-order valence-corrected chi connectivity index (χ4v) is 3.98. The summed E-state index contributed by atoms with van der Waals surface area (Å²) in [5.41, 5.74) is 2.35. The van der Waals surface area contributed by atoms with E-state index in [-0.39, 0.29) is 11.3 Å². The van der Waals surface area contributed by atoms with E-state index in [1.807, 2.05) is 0 Å². The van der Waals surface area contributed by atoms with E-state index in [2.05, 4.69) is 46.7 Å². The Hall–Kier alpha value is -1.59. The summed E-state index contributed by atoms with van der Waals surface area (Å²) in [6.07, 6.45) is 2.77. The molecule has 1 unspecified atom stereocenters. The molecule has 1 atom stereocenters. The third-order valence-electron chi connectivity index (χ3n) is 5.48. The monoisotopic (exact) mass is 331 g/mol. The lowest BCUT2D eigenvalue weighted by atomic mass is 9.78. The number of amides is 1. The van der Waals surface area contributed by atoms with E-state index in [1.54, 1.807) is 7.11 Å². The summed E-state index contributed by atoms with van der Waals surface area (Å²) in [7, 11) is 1.68. The molecule has 2 N–H and O–H groups in total. The minimum atomic E-state index is -0.372. The van der Waals surface area contributed by atoms with Crippen molar-refractivity contribution in [2.45, 2.75) is 32.2 Å². The first-order chi connectivity index (χ1) is 11.7. The van der Waals surface area contributed by atoms with Gasteiger partial charge in [0, 0.05) is 31.9 Å². The quantitative estimate of drug-likeness (QED) is 0.831. The average molecular weight is 331 g/mol. The highest BCUT2D eigenvalue weighted by atomic mass is 16.5. The van der Waals surface area contributed by atoms with Crippen LogP contribution in [0, 0.1) is 5.41 Å². The lowest BCUT2D eigenvalue weighted by Crippen LogP contribution is -2.52. The summed E-state index contributed by atoms with van der Waals surface area (Å²) in [4.78, 5) is 15.2.